The fourth-order valence-corrected chi connectivity index (χ4v) is 6.09. The van der Waals surface area contributed by atoms with E-state index in [0.717, 1.165) is 29.7 Å². The summed E-state index contributed by atoms with van der Waals surface area (Å²) in [6, 6.07) is 6.65. The number of hydrogen-bond acceptors (Lipinski definition) is 4. The summed E-state index contributed by atoms with van der Waals surface area (Å²) in [5.41, 5.74) is 2.36. The number of carbonyl (C=O) groups is 1. The van der Waals surface area contributed by atoms with Crippen molar-refractivity contribution in [2.45, 2.75) is 51.2 Å². The molecule has 1 aromatic carbocycles. The van der Waals surface area contributed by atoms with Crippen molar-refractivity contribution in [3.63, 3.8) is 0 Å². The number of likely N-dealkylation sites (N-methyl/N-ethyl adjacent to an activating group) is 1. The minimum absolute atomic E-state index is 0.0365. The van der Waals surface area contributed by atoms with E-state index in [1.165, 1.54) is 18.4 Å². The molecule has 29 heavy (non-hydrogen) atoms. The molecular weight excluding hydrogens is 366 g/mol. The maximum atomic E-state index is 12.7. The van der Waals surface area contributed by atoms with Gasteiger partial charge in [-0.1, -0.05) is 31.2 Å². The van der Waals surface area contributed by atoms with Crippen molar-refractivity contribution in [1.29, 1.82) is 0 Å². The smallest absolute Gasteiger partial charge is 0.315 e. The molecule has 0 bridgehead atoms. The zero-order valence-electron chi connectivity index (χ0n) is 17.6. The van der Waals surface area contributed by atoms with Gasteiger partial charge in [0, 0.05) is 5.92 Å². The summed E-state index contributed by atoms with van der Waals surface area (Å²) in [7, 11) is 2.02. The lowest BCUT2D eigenvalue weighted by atomic mass is 9.55. The van der Waals surface area contributed by atoms with Crippen LogP contribution in [0.3, 0.4) is 0 Å². The van der Waals surface area contributed by atoms with E-state index >= 15 is 0 Å². The molecular formula is C24H34NO4+. The highest BCUT2D eigenvalue weighted by molar-refractivity contribution is 5.75. The summed E-state index contributed by atoms with van der Waals surface area (Å²) in [6.45, 7) is 7.90. The van der Waals surface area contributed by atoms with E-state index in [0.29, 0.717) is 19.0 Å². The Morgan fingerprint density at radius 3 is 2.79 bits per heavy atom. The molecule has 158 valence electrons. The third-order valence-electron chi connectivity index (χ3n) is 7.71. The molecule has 5 heteroatoms. The number of phenolic OH excluding ortho intramolecular Hbond substituents is 1. The maximum absolute atomic E-state index is 12.7. The molecule has 1 aromatic rings. The SMILES string of the molecule is C=C1CCC[C@]2(C)CC3OC(=O)C(C[NH+](C)CC(O)c4ccc(O)cc4)C3CC12. The predicted octanol–water partition coefficient (Wildman–Crippen LogP) is 2.25. The number of fused-ring (bicyclic) bond motifs is 2. The molecule has 1 heterocycles. The number of esters is 1. The summed E-state index contributed by atoms with van der Waals surface area (Å²) < 4.78 is 5.86. The lowest BCUT2D eigenvalue weighted by Crippen LogP contribution is -3.10. The highest BCUT2D eigenvalue weighted by Gasteiger charge is 2.55. The van der Waals surface area contributed by atoms with Gasteiger partial charge >= 0.3 is 5.97 Å². The molecule has 2 saturated carbocycles. The highest BCUT2D eigenvalue weighted by atomic mass is 16.6. The molecule has 6 unspecified atom stereocenters. The van der Waals surface area contributed by atoms with Crippen molar-refractivity contribution in [2.75, 3.05) is 20.1 Å². The number of hydrogen-bond donors (Lipinski definition) is 3. The Labute approximate surface area is 173 Å². The topological polar surface area (TPSA) is 71.2 Å². The Balaban J connectivity index is 1.41. The number of aromatic hydroxyl groups is 1. The third-order valence-corrected chi connectivity index (χ3v) is 7.71. The first-order valence-corrected chi connectivity index (χ1v) is 10.9. The van der Waals surface area contributed by atoms with Gasteiger partial charge in [-0.05, 0) is 61.1 Å². The monoisotopic (exact) mass is 400 g/mol. The van der Waals surface area contributed by atoms with E-state index in [-0.39, 0.29) is 35.1 Å². The first-order valence-electron chi connectivity index (χ1n) is 10.9. The number of ether oxygens (including phenoxy) is 1. The van der Waals surface area contributed by atoms with Gasteiger partial charge in [0.15, 0.2) is 0 Å². The average molecular weight is 401 g/mol. The molecule has 0 radical (unpaired) electrons. The molecule has 3 aliphatic rings. The zero-order chi connectivity index (χ0) is 20.8. The van der Waals surface area contributed by atoms with Crippen LogP contribution in [0.5, 0.6) is 5.75 Å². The van der Waals surface area contributed by atoms with Crippen molar-refractivity contribution >= 4 is 5.97 Å². The van der Waals surface area contributed by atoms with Crippen molar-refractivity contribution in [2.24, 2.45) is 23.2 Å². The van der Waals surface area contributed by atoms with Crippen molar-refractivity contribution in [3.8, 4) is 5.75 Å². The number of benzene rings is 1. The molecule has 7 atom stereocenters. The zero-order valence-corrected chi connectivity index (χ0v) is 17.6. The predicted molar refractivity (Wildman–Crippen MR) is 110 cm³/mol. The van der Waals surface area contributed by atoms with E-state index in [1.807, 2.05) is 7.05 Å². The normalized spacial score (nSPS) is 36.1. The van der Waals surface area contributed by atoms with Crippen LogP contribution in [0.15, 0.2) is 36.4 Å². The largest absolute Gasteiger partial charge is 0.508 e. The Kier molecular flexibility index (Phi) is 5.47. The van der Waals surface area contributed by atoms with Gasteiger partial charge in [0.1, 0.15) is 30.4 Å². The lowest BCUT2D eigenvalue weighted by Gasteiger charge is -2.50. The van der Waals surface area contributed by atoms with Crippen LogP contribution in [0, 0.1) is 23.2 Å². The third kappa shape index (κ3) is 3.95. The molecule has 1 aliphatic heterocycles. The van der Waals surface area contributed by atoms with Crippen molar-refractivity contribution < 1.29 is 24.6 Å². The minimum atomic E-state index is -0.628. The Morgan fingerprint density at radius 2 is 2.07 bits per heavy atom. The number of quaternary nitrogens is 1. The number of rotatable bonds is 5. The van der Waals surface area contributed by atoms with Gasteiger partial charge in [-0.2, -0.15) is 0 Å². The molecule has 3 fully saturated rings. The molecule has 2 aliphatic carbocycles. The number of aliphatic hydroxyl groups is 1. The standard InChI is InChI=1S/C24H33NO4/c1-15-5-4-10-24(2)12-22-18(11-20(15)24)19(23(28)29-22)13-25(3)14-21(27)16-6-8-17(26)9-7-16/h6-9,18-22,26-27H,1,4-5,10-14H2,2-3H3/p+1/t18?,19?,20?,21?,22?,24-/m1/s1. The average Bonchev–Trinajstić information content (AvgIpc) is 2.94. The van der Waals surface area contributed by atoms with Crippen LogP contribution in [0.2, 0.25) is 0 Å². The van der Waals surface area contributed by atoms with Crippen LogP contribution < -0.4 is 4.90 Å². The second-order valence-corrected chi connectivity index (χ2v) is 9.88. The van der Waals surface area contributed by atoms with Gasteiger partial charge in [-0.25, -0.2) is 0 Å². The van der Waals surface area contributed by atoms with E-state index in [4.69, 9.17) is 4.74 Å². The molecule has 1 saturated heterocycles. The van der Waals surface area contributed by atoms with Gasteiger partial charge in [-0.3, -0.25) is 4.79 Å². The fraction of sp³-hybridized carbons (Fsp3) is 0.625. The van der Waals surface area contributed by atoms with Crippen LogP contribution >= 0.6 is 0 Å². The van der Waals surface area contributed by atoms with Gasteiger partial charge < -0.3 is 19.8 Å². The Morgan fingerprint density at radius 1 is 1.34 bits per heavy atom. The van der Waals surface area contributed by atoms with Crippen molar-refractivity contribution in [3.05, 3.63) is 42.0 Å². The molecule has 0 spiro atoms. The summed E-state index contributed by atoms with van der Waals surface area (Å²) in [5, 5.41) is 20.0. The molecule has 3 N–H and O–H groups in total. The van der Waals surface area contributed by atoms with Gasteiger partial charge in [0.25, 0.3) is 0 Å². The number of aliphatic hydroxyl groups excluding tert-OH is 1. The number of carbonyl (C=O) groups excluding carboxylic acids is 1. The van der Waals surface area contributed by atoms with Crippen LogP contribution in [0.25, 0.3) is 0 Å². The van der Waals surface area contributed by atoms with Gasteiger partial charge in [0.05, 0.1) is 13.6 Å². The second kappa shape index (κ2) is 7.77. The summed E-state index contributed by atoms with van der Waals surface area (Å²) >= 11 is 0. The maximum Gasteiger partial charge on any atom is 0.315 e. The lowest BCUT2D eigenvalue weighted by molar-refractivity contribution is -0.886. The minimum Gasteiger partial charge on any atom is -0.508 e. The Bertz CT molecular complexity index is 776. The highest BCUT2D eigenvalue weighted by Crippen LogP contribution is 2.56. The molecule has 5 nitrogen and oxygen atoms in total. The molecule has 0 aromatic heterocycles. The number of phenols is 1. The van der Waals surface area contributed by atoms with E-state index in [2.05, 4.69) is 13.5 Å². The van der Waals surface area contributed by atoms with Crippen LogP contribution in [0.4, 0.5) is 0 Å². The van der Waals surface area contributed by atoms with Crippen LogP contribution in [0.1, 0.15) is 50.7 Å². The van der Waals surface area contributed by atoms with E-state index in [1.54, 1.807) is 24.3 Å². The summed E-state index contributed by atoms with van der Waals surface area (Å²) in [6.07, 6.45) is 4.88. The van der Waals surface area contributed by atoms with E-state index in [9.17, 15) is 15.0 Å². The molecule has 0 amide bonds. The fourth-order valence-electron chi connectivity index (χ4n) is 6.09. The first-order chi connectivity index (χ1) is 13.8. The number of allylic oxidation sites excluding steroid dienone is 1. The number of nitrogens with one attached hydrogen (secondary N) is 1. The first kappa shape index (κ1) is 20.4. The van der Waals surface area contributed by atoms with Gasteiger partial charge in [0.2, 0.25) is 0 Å². The summed E-state index contributed by atoms with van der Waals surface area (Å²) in [5.74, 6) is 0.779. The second-order valence-electron chi connectivity index (χ2n) is 9.88. The van der Waals surface area contributed by atoms with Crippen LogP contribution in [-0.4, -0.2) is 42.4 Å². The Hall–Kier alpha value is -1.85. The van der Waals surface area contributed by atoms with E-state index < -0.39 is 6.10 Å². The van der Waals surface area contributed by atoms with Gasteiger partial charge in [-0.15, -0.1) is 0 Å². The molecule has 4 rings (SSSR count). The quantitative estimate of drug-likeness (QED) is 0.524. The van der Waals surface area contributed by atoms with Crippen molar-refractivity contribution in [1.82, 2.24) is 0 Å². The van der Waals surface area contributed by atoms with Crippen LogP contribution in [-0.2, 0) is 9.53 Å². The summed E-state index contributed by atoms with van der Waals surface area (Å²) in [4.78, 5) is 13.8.